The molecule has 2 N–H and O–H groups in total. The Bertz CT molecular complexity index is 530. The van der Waals surface area contributed by atoms with Crippen molar-refractivity contribution in [2.45, 2.75) is 12.8 Å². The summed E-state index contributed by atoms with van der Waals surface area (Å²) in [7, 11) is 0. The third kappa shape index (κ3) is 3.97. The van der Waals surface area contributed by atoms with Gasteiger partial charge in [0.1, 0.15) is 6.42 Å². The minimum Gasteiger partial charge on any atom is -0.504 e. The molecule has 19 heavy (non-hydrogen) atoms. The van der Waals surface area contributed by atoms with Crippen LogP contribution in [0.1, 0.15) is 5.69 Å². The number of hydrogen-bond acceptors (Lipinski definition) is 6. The van der Waals surface area contributed by atoms with E-state index in [-0.39, 0.29) is 6.07 Å². The first kappa shape index (κ1) is 14.5. The molecule has 1 heterocycles. The number of carbonyl (C=O) groups is 1. The molecule has 1 aromatic heterocycles. The van der Waals surface area contributed by atoms with Gasteiger partial charge in [-0.05, 0) is 9.91 Å². The van der Waals surface area contributed by atoms with Gasteiger partial charge in [0.2, 0.25) is 11.4 Å². The van der Waals surface area contributed by atoms with Crippen molar-refractivity contribution in [2.75, 3.05) is 0 Å². The second kappa shape index (κ2) is 4.96. The van der Waals surface area contributed by atoms with Gasteiger partial charge in [-0.2, -0.15) is 0 Å². The molecule has 1 aromatic rings. The molecule has 0 atom stereocenters. The Labute approximate surface area is 102 Å². The first-order valence-electron chi connectivity index (χ1n) is 4.45. The summed E-state index contributed by atoms with van der Waals surface area (Å²) in [6.45, 7) is 0. The third-order valence-corrected chi connectivity index (χ3v) is 1.74. The molecule has 0 amide bonds. The number of ether oxygens (including phenoxy) is 1. The lowest BCUT2D eigenvalue weighted by Gasteiger charge is -2.09. The number of rotatable bonds is 4. The van der Waals surface area contributed by atoms with E-state index in [0.717, 1.165) is 0 Å². The smallest absolute Gasteiger partial charge is 0.504 e. The molecular formula is C8H5F3N2O6. The van der Waals surface area contributed by atoms with Crippen LogP contribution in [-0.2, 0) is 11.2 Å². The number of aromatic hydroxyl groups is 1. The highest BCUT2D eigenvalue weighted by Gasteiger charge is 2.36. The van der Waals surface area contributed by atoms with Crippen LogP contribution in [0.5, 0.6) is 11.5 Å². The molecule has 0 radical (unpaired) electrons. The number of hydrogen-bond donors (Lipinski definition) is 2. The van der Waals surface area contributed by atoms with E-state index in [1.54, 1.807) is 0 Å². The number of aliphatic carboxylic acids is 1. The number of pyridine rings is 1. The molecule has 0 bridgehead atoms. The van der Waals surface area contributed by atoms with E-state index in [9.17, 15) is 33.2 Å². The first-order chi connectivity index (χ1) is 8.60. The largest absolute Gasteiger partial charge is 0.573 e. The molecule has 0 unspecified atom stereocenters. The van der Waals surface area contributed by atoms with Crippen LogP contribution in [0.25, 0.3) is 0 Å². The second-order valence-corrected chi connectivity index (χ2v) is 3.15. The molecular weight excluding hydrogens is 277 g/mol. The van der Waals surface area contributed by atoms with Gasteiger partial charge in [-0.15, -0.1) is 13.2 Å². The molecule has 104 valence electrons. The van der Waals surface area contributed by atoms with Crippen LogP contribution < -0.4 is 4.74 Å². The predicted molar refractivity (Wildman–Crippen MR) is 50.6 cm³/mol. The molecule has 8 nitrogen and oxygen atoms in total. The number of carboxylic acid groups (broad SMARTS) is 1. The predicted octanol–water partition coefficient (Wildman–Crippen LogP) is 1.22. The van der Waals surface area contributed by atoms with E-state index in [0.29, 0.717) is 0 Å². The molecule has 0 saturated heterocycles. The van der Waals surface area contributed by atoms with Gasteiger partial charge in [0.25, 0.3) is 0 Å². The highest BCUT2D eigenvalue weighted by atomic mass is 19.4. The number of alkyl halides is 3. The Morgan fingerprint density at radius 2 is 2.11 bits per heavy atom. The van der Waals surface area contributed by atoms with Gasteiger partial charge >= 0.3 is 18.1 Å². The fourth-order valence-corrected chi connectivity index (χ4v) is 1.12. The Hall–Kier alpha value is -2.59. The minimum atomic E-state index is -5.22. The van der Waals surface area contributed by atoms with E-state index in [1.807, 2.05) is 0 Å². The maximum atomic E-state index is 12.0. The zero-order valence-corrected chi connectivity index (χ0v) is 8.84. The van der Waals surface area contributed by atoms with Gasteiger partial charge < -0.3 is 25.1 Å². The Balaban J connectivity index is 3.29. The van der Waals surface area contributed by atoms with Gasteiger partial charge in [-0.1, -0.05) is 0 Å². The van der Waals surface area contributed by atoms with Crippen LogP contribution in [0.3, 0.4) is 0 Å². The van der Waals surface area contributed by atoms with E-state index >= 15 is 0 Å². The van der Waals surface area contributed by atoms with Crippen molar-refractivity contribution in [1.82, 2.24) is 4.98 Å². The summed E-state index contributed by atoms with van der Waals surface area (Å²) in [5, 5.41) is 28.2. The van der Waals surface area contributed by atoms with Crippen molar-refractivity contribution in [2.24, 2.45) is 0 Å². The molecule has 0 saturated carbocycles. The Morgan fingerprint density at radius 1 is 1.53 bits per heavy atom. The van der Waals surface area contributed by atoms with E-state index < -0.39 is 46.7 Å². The van der Waals surface area contributed by atoms with Crippen LogP contribution in [0, 0.1) is 10.1 Å². The van der Waals surface area contributed by atoms with Crippen molar-refractivity contribution >= 4 is 11.8 Å². The first-order valence-corrected chi connectivity index (χ1v) is 4.45. The Kier molecular flexibility index (Phi) is 3.77. The van der Waals surface area contributed by atoms with Crippen LogP contribution in [-0.4, -0.2) is 32.5 Å². The van der Waals surface area contributed by atoms with Gasteiger partial charge in [-0.3, -0.25) is 4.79 Å². The Morgan fingerprint density at radius 3 is 2.53 bits per heavy atom. The fraction of sp³-hybridized carbons (Fsp3) is 0.250. The lowest BCUT2D eigenvalue weighted by molar-refractivity contribution is -0.393. The van der Waals surface area contributed by atoms with Crippen molar-refractivity contribution in [3.05, 3.63) is 21.9 Å². The minimum absolute atomic E-state index is 0.289. The number of nitro groups is 1. The van der Waals surface area contributed by atoms with Crippen LogP contribution in [0.15, 0.2) is 6.07 Å². The summed E-state index contributed by atoms with van der Waals surface area (Å²) in [5.41, 5.74) is -0.645. The molecule has 0 spiro atoms. The highest BCUT2D eigenvalue weighted by molar-refractivity contribution is 5.71. The number of aromatic nitrogens is 1. The molecule has 1 rings (SSSR count). The maximum Gasteiger partial charge on any atom is 0.573 e. The molecule has 0 fully saturated rings. The quantitative estimate of drug-likeness (QED) is 0.628. The zero-order valence-electron chi connectivity index (χ0n) is 8.84. The normalized spacial score (nSPS) is 11.1. The average molecular weight is 282 g/mol. The third-order valence-electron chi connectivity index (χ3n) is 1.74. The van der Waals surface area contributed by atoms with Gasteiger partial charge in [-0.25, -0.2) is 0 Å². The zero-order chi connectivity index (χ0) is 14.8. The van der Waals surface area contributed by atoms with Crippen LogP contribution in [0.4, 0.5) is 19.0 Å². The topological polar surface area (TPSA) is 123 Å². The number of nitrogens with zero attached hydrogens (tertiary/aromatic N) is 2. The van der Waals surface area contributed by atoms with E-state index in [1.165, 1.54) is 0 Å². The van der Waals surface area contributed by atoms with Crippen molar-refractivity contribution < 1.29 is 37.8 Å². The molecule has 0 aromatic carbocycles. The summed E-state index contributed by atoms with van der Waals surface area (Å²) < 4.78 is 39.3. The fourth-order valence-electron chi connectivity index (χ4n) is 1.12. The molecule has 0 aliphatic rings. The number of carboxylic acids is 1. The monoisotopic (exact) mass is 282 g/mol. The average Bonchev–Trinajstić information content (AvgIpc) is 2.18. The molecule has 0 aliphatic heterocycles. The van der Waals surface area contributed by atoms with Crippen molar-refractivity contribution in [3.8, 4) is 11.5 Å². The van der Waals surface area contributed by atoms with Gasteiger partial charge in [0.05, 0.1) is 0 Å². The second-order valence-electron chi connectivity index (χ2n) is 3.15. The van der Waals surface area contributed by atoms with Crippen molar-refractivity contribution in [1.29, 1.82) is 0 Å². The number of halogens is 3. The van der Waals surface area contributed by atoms with Gasteiger partial charge in [0.15, 0.2) is 5.75 Å². The lowest BCUT2D eigenvalue weighted by Crippen LogP contribution is -2.18. The van der Waals surface area contributed by atoms with E-state index in [4.69, 9.17) is 5.11 Å². The highest BCUT2D eigenvalue weighted by Crippen LogP contribution is 2.34. The summed E-state index contributed by atoms with van der Waals surface area (Å²) in [6.07, 6.45) is -6.10. The standard InChI is InChI=1S/C8H5F3N2O6/c9-8(10,11)19-5-2-4(14)3(1-6(15)16)12-7(5)13(17)18/h2,14H,1H2,(H,15,16). The lowest BCUT2D eigenvalue weighted by atomic mass is 10.2. The summed E-state index contributed by atoms with van der Waals surface area (Å²) in [5.74, 6) is -5.09. The maximum absolute atomic E-state index is 12.0. The van der Waals surface area contributed by atoms with Crippen molar-refractivity contribution in [3.63, 3.8) is 0 Å². The summed E-state index contributed by atoms with van der Waals surface area (Å²) in [4.78, 5) is 22.7. The van der Waals surface area contributed by atoms with E-state index in [2.05, 4.69) is 9.72 Å². The molecule has 0 aliphatic carbocycles. The summed E-state index contributed by atoms with van der Waals surface area (Å²) in [6, 6.07) is 0.289. The molecule has 11 heteroatoms. The van der Waals surface area contributed by atoms with Crippen LogP contribution in [0.2, 0.25) is 0 Å². The van der Waals surface area contributed by atoms with Crippen LogP contribution >= 0.6 is 0 Å². The summed E-state index contributed by atoms with van der Waals surface area (Å²) >= 11 is 0. The van der Waals surface area contributed by atoms with Gasteiger partial charge in [0, 0.05) is 6.07 Å². The SMILES string of the molecule is O=C(O)Cc1nc([N+](=O)[O-])c(OC(F)(F)F)cc1O.